The summed E-state index contributed by atoms with van der Waals surface area (Å²) in [7, 11) is 0. The number of benzene rings is 1. The lowest BCUT2D eigenvalue weighted by molar-refractivity contribution is -0.132. The Morgan fingerprint density at radius 2 is 2.11 bits per heavy atom. The predicted molar refractivity (Wildman–Crippen MR) is 65.7 cm³/mol. The summed E-state index contributed by atoms with van der Waals surface area (Å²) < 4.78 is 27.8. The molecule has 2 aromatic rings. The van der Waals surface area contributed by atoms with Crippen molar-refractivity contribution in [1.29, 1.82) is 0 Å². The number of imidazole rings is 1. The molecule has 0 radical (unpaired) electrons. The molecule has 0 aliphatic heterocycles. The van der Waals surface area contributed by atoms with Gasteiger partial charge in [0.15, 0.2) is 11.6 Å². The second-order valence-electron chi connectivity index (χ2n) is 4.04. The highest BCUT2D eigenvalue weighted by atomic mass is 19.2. The van der Waals surface area contributed by atoms with Crippen LogP contribution in [0.1, 0.15) is 13.3 Å². The lowest BCUT2D eigenvalue weighted by atomic mass is 10.2. The van der Waals surface area contributed by atoms with Gasteiger partial charge in [0.05, 0.1) is 17.4 Å². The van der Waals surface area contributed by atoms with Crippen LogP contribution < -0.4 is 0 Å². The van der Waals surface area contributed by atoms with Crippen molar-refractivity contribution in [1.82, 2.24) is 9.55 Å². The molecule has 0 fully saturated rings. The number of hydrogen-bond acceptors (Lipinski definition) is 2. The van der Waals surface area contributed by atoms with Crippen LogP contribution in [0.25, 0.3) is 11.0 Å². The van der Waals surface area contributed by atoms with E-state index < -0.39 is 17.6 Å². The van der Waals surface area contributed by atoms with Gasteiger partial charge in [0, 0.05) is 24.3 Å². The summed E-state index contributed by atoms with van der Waals surface area (Å²) in [5, 5.41) is 8.89. The maximum atomic E-state index is 13.2. The van der Waals surface area contributed by atoms with E-state index in [-0.39, 0.29) is 12.1 Å². The topological polar surface area (TPSA) is 55.1 Å². The number of rotatable bonds is 4. The summed E-state index contributed by atoms with van der Waals surface area (Å²) >= 11 is 0. The van der Waals surface area contributed by atoms with E-state index in [1.54, 1.807) is 11.5 Å². The van der Waals surface area contributed by atoms with Gasteiger partial charge >= 0.3 is 5.97 Å². The van der Waals surface area contributed by atoms with Gasteiger partial charge in [-0.15, -0.1) is 0 Å². The van der Waals surface area contributed by atoms with Crippen LogP contribution in [0.3, 0.4) is 0 Å². The second kappa shape index (κ2) is 5.17. The number of halogens is 2. The molecule has 1 heterocycles. The minimum absolute atomic E-state index is 0.247. The van der Waals surface area contributed by atoms with Crippen molar-refractivity contribution in [3.63, 3.8) is 0 Å². The van der Waals surface area contributed by atoms with Crippen LogP contribution >= 0.6 is 0 Å². The SMILES string of the molecule is CCC(=CCn1cnc2cc(F)c(F)cc21)C(=O)O. The Balaban J connectivity index is 2.36. The number of allylic oxidation sites excluding steroid dienone is 1. The molecule has 0 atom stereocenters. The molecule has 0 spiro atoms. The van der Waals surface area contributed by atoms with Crippen LogP contribution in [0.2, 0.25) is 0 Å². The van der Waals surface area contributed by atoms with Gasteiger partial charge < -0.3 is 9.67 Å². The summed E-state index contributed by atoms with van der Waals surface area (Å²) in [5.41, 5.74) is 1.03. The van der Waals surface area contributed by atoms with Crippen molar-refractivity contribution in [2.24, 2.45) is 0 Å². The minimum atomic E-state index is -0.982. The van der Waals surface area contributed by atoms with Crippen LogP contribution in [0.15, 0.2) is 30.1 Å². The van der Waals surface area contributed by atoms with E-state index in [4.69, 9.17) is 5.11 Å². The number of carboxylic acids is 1. The molecule has 0 amide bonds. The number of carbonyl (C=O) groups is 1. The molecule has 19 heavy (non-hydrogen) atoms. The van der Waals surface area contributed by atoms with E-state index in [1.165, 1.54) is 12.4 Å². The summed E-state index contributed by atoms with van der Waals surface area (Å²) in [6.45, 7) is 1.98. The molecule has 4 nitrogen and oxygen atoms in total. The molecule has 0 bridgehead atoms. The molecule has 0 saturated carbocycles. The number of hydrogen-bond donors (Lipinski definition) is 1. The normalized spacial score (nSPS) is 12.1. The van der Waals surface area contributed by atoms with Crippen LogP contribution in [0, 0.1) is 11.6 Å². The molecular weight excluding hydrogens is 254 g/mol. The first-order chi connectivity index (χ1) is 9.02. The Morgan fingerprint density at radius 3 is 2.74 bits per heavy atom. The molecule has 1 aromatic heterocycles. The number of aliphatic carboxylic acids is 1. The van der Waals surface area contributed by atoms with Gasteiger partial charge in [0.1, 0.15) is 0 Å². The molecule has 0 aliphatic carbocycles. The third kappa shape index (κ3) is 2.62. The summed E-state index contributed by atoms with van der Waals surface area (Å²) in [5.74, 6) is -2.88. The van der Waals surface area contributed by atoms with Crippen molar-refractivity contribution in [3.8, 4) is 0 Å². The monoisotopic (exact) mass is 266 g/mol. The molecular formula is C13H12F2N2O2. The van der Waals surface area contributed by atoms with Gasteiger partial charge in [0.2, 0.25) is 0 Å². The first kappa shape index (κ1) is 13.2. The highest BCUT2D eigenvalue weighted by Gasteiger charge is 2.09. The number of nitrogens with zero attached hydrogens (tertiary/aromatic N) is 2. The van der Waals surface area contributed by atoms with Gasteiger partial charge in [-0.1, -0.05) is 13.0 Å². The summed E-state index contributed by atoms with van der Waals surface area (Å²) in [4.78, 5) is 14.8. The molecule has 0 saturated heterocycles. The van der Waals surface area contributed by atoms with Crippen LogP contribution in [0.4, 0.5) is 8.78 Å². The minimum Gasteiger partial charge on any atom is -0.478 e. The maximum Gasteiger partial charge on any atom is 0.331 e. The van der Waals surface area contributed by atoms with E-state index in [9.17, 15) is 13.6 Å². The average Bonchev–Trinajstić information content (AvgIpc) is 2.73. The number of aromatic nitrogens is 2. The van der Waals surface area contributed by atoms with Crippen LogP contribution in [0.5, 0.6) is 0 Å². The quantitative estimate of drug-likeness (QED) is 0.866. The molecule has 0 aliphatic rings. The Morgan fingerprint density at radius 1 is 1.42 bits per heavy atom. The number of fused-ring (bicyclic) bond motifs is 1. The maximum absolute atomic E-state index is 13.2. The second-order valence-corrected chi connectivity index (χ2v) is 4.04. The van der Waals surface area contributed by atoms with Crippen molar-refractivity contribution in [2.45, 2.75) is 19.9 Å². The van der Waals surface area contributed by atoms with E-state index in [0.717, 1.165) is 12.1 Å². The number of carboxylic acid groups (broad SMARTS) is 1. The van der Waals surface area contributed by atoms with Crippen LogP contribution in [-0.2, 0) is 11.3 Å². The third-order valence-electron chi connectivity index (χ3n) is 2.85. The Labute approximate surface area is 108 Å². The zero-order chi connectivity index (χ0) is 14.0. The smallest absolute Gasteiger partial charge is 0.331 e. The average molecular weight is 266 g/mol. The first-order valence-corrected chi connectivity index (χ1v) is 5.75. The van der Waals surface area contributed by atoms with Gasteiger partial charge in [-0.05, 0) is 6.42 Å². The molecule has 0 unspecified atom stereocenters. The van der Waals surface area contributed by atoms with Crippen molar-refractivity contribution in [3.05, 3.63) is 41.7 Å². The lowest BCUT2D eigenvalue weighted by Crippen LogP contribution is -2.02. The molecule has 1 aromatic carbocycles. The van der Waals surface area contributed by atoms with E-state index in [2.05, 4.69) is 4.98 Å². The Bertz CT molecular complexity index is 662. The lowest BCUT2D eigenvalue weighted by Gasteiger charge is -2.02. The van der Waals surface area contributed by atoms with Gasteiger partial charge in [-0.3, -0.25) is 0 Å². The first-order valence-electron chi connectivity index (χ1n) is 5.75. The molecule has 2 rings (SSSR count). The van der Waals surface area contributed by atoms with E-state index in [0.29, 0.717) is 17.5 Å². The third-order valence-corrected chi connectivity index (χ3v) is 2.85. The van der Waals surface area contributed by atoms with Crippen molar-refractivity contribution in [2.75, 3.05) is 0 Å². The zero-order valence-electron chi connectivity index (χ0n) is 10.2. The zero-order valence-corrected chi connectivity index (χ0v) is 10.2. The van der Waals surface area contributed by atoms with Gasteiger partial charge in [-0.2, -0.15) is 0 Å². The fraction of sp³-hybridized carbons (Fsp3) is 0.231. The Kier molecular flexibility index (Phi) is 3.59. The highest BCUT2D eigenvalue weighted by molar-refractivity contribution is 5.86. The van der Waals surface area contributed by atoms with Gasteiger partial charge in [-0.25, -0.2) is 18.6 Å². The molecule has 6 heteroatoms. The molecule has 100 valence electrons. The standard InChI is InChI=1S/C13H12F2N2O2/c1-2-8(13(18)19)3-4-17-7-16-11-5-9(14)10(15)6-12(11)17/h3,5-7H,2,4H2,1H3,(H,18,19). The summed E-state index contributed by atoms with van der Waals surface area (Å²) in [6.07, 6.45) is 3.35. The Hall–Kier alpha value is -2.24. The summed E-state index contributed by atoms with van der Waals surface area (Å²) in [6, 6.07) is 2.07. The van der Waals surface area contributed by atoms with Crippen molar-refractivity contribution < 1.29 is 18.7 Å². The van der Waals surface area contributed by atoms with Crippen molar-refractivity contribution >= 4 is 17.0 Å². The fourth-order valence-electron chi connectivity index (χ4n) is 1.79. The highest BCUT2D eigenvalue weighted by Crippen LogP contribution is 2.17. The van der Waals surface area contributed by atoms with Crippen LogP contribution in [-0.4, -0.2) is 20.6 Å². The van der Waals surface area contributed by atoms with E-state index >= 15 is 0 Å². The fourth-order valence-corrected chi connectivity index (χ4v) is 1.79. The molecule has 1 N–H and O–H groups in total. The predicted octanol–water partition coefficient (Wildman–Crippen LogP) is 2.74. The largest absolute Gasteiger partial charge is 0.478 e. The van der Waals surface area contributed by atoms with Gasteiger partial charge in [0.25, 0.3) is 0 Å². The van der Waals surface area contributed by atoms with E-state index in [1.807, 2.05) is 0 Å².